The first-order valence-electron chi connectivity index (χ1n) is 7.60. The molecule has 0 bridgehead atoms. The number of rotatable bonds is 2. The Labute approximate surface area is 147 Å². The number of benzene rings is 2. The van der Waals surface area contributed by atoms with E-state index in [2.05, 4.69) is 58.3 Å². The third kappa shape index (κ3) is 2.52. The molecule has 1 N–H and O–H groups in total. The molecule has 1 heterocycles. The number of non-ortho nitro benzene ring substituents is 1. The van der Waals surface area contributed by atoms with Gasteiger partial charge in [-0.15, -0.1) is 0 Å². The first-order chi connectivity index (χ1) is 11.1. The van der Waals surface area contributed by atoms with E-state index in [0.717, 1.165) is 12.0 Å². The first kappa shape index (κ1) is 14.7. The summed E-state index contributed by atoms with van der Waals surface area (Å²) in [5.74, 6) is 0.878. The average molecular weight is 418 g/mol. The minimum absolute atomic E-state index is 0.139. The van der Waals surface area contributed by atoms with Crippen molar-refractivity contribution >= 4 is 34.0 Å². The molecule has 2 aromatic carbocycles. The summed E-state index contributed by atoms with van der Waals surface area (Å²) in [5.41, 5.74) is 3.77. The number of nitro groups is 1. The highest BCUT2D eigenvalue weighted by Crippen LogP contribution is 2.50. The number of hydrogen-bond acceptors (Lipinski definition) is 3. The Balaban J connectivity index is 1.73. The van der Waals surface area contributed by atoms with Gasteiger partial charge >= 0.3 is 0 Å². The van der Waals surface area contributed by atoms with Crippen molar-refractivity contribution in [3.63, 3.8) is 0 Å². The molecule has 116 valence electrons. The van der Waals surface area contributed by atoms with E-state index in [9.17, 15) is 10.1 Å². The van der Waals surface area contributed by atoms with Crippen molar-refractivity contribution in [2.45, 2.75) is 18.4 Å². The van der Waals surface area contributed by atoms with E-state index in [4.69, 9.17) is 0 Å². The summed E-state index contributed by atoms with van der Waals surface area (Å²) in [6.07, 6.45) is 5.59. The molecule has 5 heteroatoms. The van der Waals surface area contributed by atoms with E-state index in [1.807, 2.05) is 12.1 Å². The van der Waals surface area contributed by atoms with Crippen molar-refractivity contribution < 1.29 is 4.92 Å². The lowest BCUT2D eigenvalue weighted by molar-refractivity contribution is -0.384. The smallest absolute Gasteiger partial charge is 0.269 e. The molecule has 4 rings (SSSR count). The number of nitrogens with one attached hydrogen (secondary N) is 1. The Morgan fingerprint density at radius 1 is 1.17 bits per heavy atom. The minimum atomic E-state index is -0.352. The second-order valence-corrected chi connectivity index (χ2v) is 7.30. The van der Waals surface area contributed by atoms with E-state index in [1.54, 1.807) is 12.1 Å². The van der Waals surface area contributed by atoms with Gasteiger partial charge in [0.05, 0.1) is 11.0 Å². The lowest BCUT2D eigenvalue weighted by Crippen LogP contribution is -2.29. The van der Waals surface area contributed by atoms with Crippen LogP contribution in [0.15, 0.2) is 54.6 Å². The molecular formula is C18H15IN2O2. The van der Waals surface area contributed by atoms with Gasteiger partial charge in [-0.3, -0.25) is 10.1 Å². The van der Waals surface area contributed by atoms with Gasteiger partial charge in [0.1, 0.15) is 0 Å². The maximum absolute atomic E-state index is 10.8. The molecule has 0 saturated carbocycles. The fourth-order valence-corrected chi connectivity index (χ4v) is 4.21. The van der Waals surface area contributed by atoms with Crippen molar-refractivity contribution in [1.82, 2.24) is 0 Å². The molecule has 0 radical (unpaired) electrons. The zero-order valence-corrected chi connectivity index (χ0v) is 14.4. The molecule has 3 atom stereocenters. The topological polar surface area (TPSA) is 55.2 Å². The molecule has 0 fully saturated rings. The predicted octanol–water partition coefficient (Wildman–Crippen LogP) is 5.03. The molecular weight excluding hydrogens is 403 g/mol. The quantitative estimate of drug-likeness (QED) is 0.322. The van der Waals surface area contributed by atoms with Crippen LogP contribution in [-0.4, -0.2) is 4.92 Å². The third-order valence-corrected chi connectivity index (χ3v) is 5.46. The highest BCUT2D eigenvalue weighted by Gasteiger charge is 2.37. The molecule has 1 aliphatic heterocycles. The third-order valence-electron chi connectivity index (χ3n) is 4.79. The zero-order valence-electron chi connectivity index (χ0n) is 12.3. The van der Waals surface area contributed by atoms with Crippen molar-refractivity contribution in [3.05, 3.63) is 79.4 Å². The number of nitrogens with zero attached hydrogens (tertiary/aromatic N) is 1. The second-order valence-electron chi connectivity index (χ2n) is 6.06. The average Bonchev–Trinajstić information content (AvgIpc) is 3.04. The largest absolute Gasteiger partial charge is 0.378 e. The van der Waals surface area contributed by atoms with Crippen LogP contribution >= 0.6 is 22.6 Å². The van der Waals surface area contributed by atoms with Crippen molar-refractivity contribution in [3.8, 4) is 0 Å². The lowest BCUT2D eigenvalue weighted by atomic mass is 9.77. The summed E-state index contributed by atoms with van der Waals surface area (Å²) in [6.45, 7) is 0. The number of nitro benzene ring substituents is 1. The monoisotopic (exact) mass is 418 g/mol. The van der Waals surface area contributed by atoms with Crippen LogP contribution < -0.4 is 5.32 Å². The SMILES string of the molecule is O=[N+]([O-])c1ccc([C@@H]2Nc3ccc(I)cc3[C@H]3C=CC[C@H]32)cc1. The van der Waals surface area contributed by atoms with Gasteiger partial charge in [-0.1, -0.05) is 24.3 Å². The van der Waals surface area contributed by atoms with E-state index in [1.165, 1.54) is 14.8 Å². The number of halogens is 1. The maximum atomic E-state index is 10.8. The maximum Gasteiger partial charge on any atom is 0.269 e. The summed E-state index contributed by atoms with van der Waals surface area (Å²) < 4.78 is 1.25. The van der Waals surface area contributed by atoms with Crippen molar-refractivity contribution in [2.75, 3.05) is 5.32 Å². The van der Waals surface area contributed by atoms with Gasteiger partial charge in [-0.05, 0) is 64.3 Å². The van der Waals surface area contributed by atoms with E-state index in [-0.39, 0.29) is 16.7 Å². The van der Waals surface area contributed by atoms with E-state index in [0.29, 0.717) is 11.8 Å². The van der Waals surface area contributed by atoms with Gasteiger partial charge in [0.2, 0.25) is 0 Å². The molecule has 0 saturated heterocycles. The van der Waals surface area contributed by atoms with Crippen LogP contribution in [0, 0.1) is 19.6 Å². The van der Waals surface area contributed by atoms with Crippen LogP contribution in [-0.2, 0) is 0 Å². The zero-order chi connectivity index (χ0) is 16.0. The number of fused-ring (bicyclic) bond motifs is 3. The van der Waals surface area contributed by atoms with Gasteiger partial charge in [0.15, 0.2) is 0 Å². The second kappa shape index (κ2) is 5.63. The first-order valence-corrected chi connectivity index (χ1v) is 8.68. The molecule has 0 amide bonds. The van der Waals surface area contributed by atoms with Crippen LogP contribution in [0.25, 0.3) is 0 Å². The van der Waals surface area contributed by atoms with Gasteiger partial charge in [-0.2, -0.15) is 0 Å². The molecule has 0 unspecified atom stereocenters. The standard InChI is InChI=1S/C18H15IN2O2/c19-12-6-9-17-16(10-12)14-2-1-3-15(14)18(20-17)11-4-7-13(8-5-11)21(22)23/h1-2,4-10,14-15,18,20H,3H2/t14-,15+,18-/m0/s1. The normalized spacial score (nSPS) is 24.7. The van der Waals surface area contributed by atoms with Crippen LogP contribution in [0.5, 0.6) is 0 Å². The molecule has 1 aliphatic carbocycles. The summed E-state index contributed by atoms with van der Waals surface area (Å²) in [4.78, 5) is 10.5. The van der Waals surface area contributed by atoms with E-state index < -0.39 is 0 Å². The Morgan fingerprint density at radius 2 is 1.96 bits per heavy atom. The minimum Gasteiger partial charge on any atom is -0.378 e. The highest BCUT2D eigenvalue weighted by atomic mass is 127. The molecule has 4 nitrogen and oxygen atoms in total. The summed E-state index contributed by atoms with van der Waals surface area (Å²) in [7, 11) is 0. The van der Waals surface area contributed by atoms with Crippen molar-refractivity contribution in [2.24, 2.45) is 5.92 Å². The number of hydrogen-bond donors (Lipinski definition) is 1. The molecule has 2 aromatic rings. The fraction of sp³-hybridized carbons (Fsp3) is 0.222. The van der Waals surface area contributed by atoms with Crippen LogP contribution in [0.3, 0.4) is 0 Å². The Hall–Kier alpha value is -1.89. The lowest BCUT2D eigenvalue weighted by Gasteiger charge is -2.37. The predicted molar refractivity (Wildman–Crippen MR) is 98.6 cm³/mol. The number of anilines is 1. The van der Waals surface area contributed by atoms with Gasteiger partial charge in [0, 0.05) is 27.3 Å². The van der Waals surface area contributed by atoms with Crippen LogP contribution in [0.1, 0.15) is 29.5 Å². The van der Waals surface area contributed by atoms with Gasteiger partial charge < -0.3 is 5.32 Å². The summed E-state index contributed by atoms with van der Waals surface area (Å²) in [6, 6.07) is 13.6. The van der Waals surface area contributed by atoms with Gasteiger partial charge in [-0.25, -0.2) is 0 Å². The summed E-state index contributed by atoms with van der Waals surface area (Å²) >= 11 is 2.35. The Kier molecular flexibility index (Phi) is 3.60. The molecule has 0 aromatic heterocycles. The highest BCUT2D eigenvalue weighted by molar-refractivity contribution is 14.1. The fourth-order valence-electron chi connectivity index (χ4n) is 3.70. The van der Waals surface area contributed by atoms with Crippen molar-refractivity contribution in [1.29, 1.82) is 0 Å². The number of allylic oxidation sites excluding steroid dienone is 2. The Morgan fingerprint density at radius 3 is 2.70 bits per heavy atom. The Bertz CT molecular complexity index is 801. The molecule has 2 aliphatic rings. The van der Waals surface area contributed by atoms with Gasteiger partial charge in [0.25, 0.3) is 5.69 Å². The van der Waals surface area contributed by atoms with E-state index >= 15 is 0 Å². The summed E-state index contributed by atoms with van der Waals surface area (Å²) in [5, 5.41) is 14.5. The molecule has 23 heavy (non-hydrogen) atoms. The van der Waals surface area contributed by atoms with Crippen LogP contribution in [0.4, 0.5) is 11.4 Å². The molecule has 0 spiro atoms. The van der Waals surface area contributed by atoms with Crippen LogP contribution in [0.2, 0.25) is 0 Å².